The van der Waals surface area contributed by atoms with Gasteiger partial charge in [-0.3, -0.25) is 14.9 Å². The molecule has 0 saturated carbocycles. The Bertz CT molecular complexity index is 395. The molecular formula is C7H4Br2N2O3. The molecule has 0 aliphatic heterocycles. The molecule has 0 fully saturated rings. The topological polar surface area (TPSA) is 72.2 Å². The van der Waals surface area contributed by atoms with Crippen molar-refractivity contribution in [3.05, 3.63) is 31.2 Å². The first-order chi connectivity index (χ1) is 6.56. The largest absolute Gasteiger partial charge is 0.328 e. The van der Waals surface area contributed by atoms with E-state index >= 15 is 0 Å². The maximum Gasteiger partial charge on any atom is 0.284 e. The van der Waals surface area contributed by atoms with E-state index in [1.54, 1.807) is 0 Å². The Labute approximate surface area is 95.9 Å². The highest BCUT2D eigenvalue weighted by molar-refractivity contribution is 9.11. The number of nitrogens with one attached hydrogen (secondary N) is 1. The summed E-state index contributed by atoms with van der Waals surface area (Å²) in [6.07, 6.45) is 0.498. The van der Waals surface area contributed by atoms with Crippen LogP contribution in [0.25, 0.3) is 0 Å². The lowest BCUT2D eigenvalue weighted by Gasteiger charge is -2.03. The molecular weight excluding hydrogens is 320 g/mol. The highest BCUT2D eigenvalue weighted by atomic mass is 79.9. The van der Waals surface area contributed by atoms with Gasteiger partial charge in [0.25, 0.3) is 5.69 Å². The number of anilines is 1. The first kappa shape index (κ1) is 11.1. The summed E-state index contributed by atoms with van der Waals surface area (Å²) < 4.78 is 0.773. The summed E-state index contributed by atoms with van der Waals surface area (Å²) >= 11 is 6.14. The number of carbonyl (C=O) groups is 1. The molecule has 0 aliphatic carbocycles. The average Bonchev–Trinajstić information content (AvgIpc) is 2.10. The van der Waals surface area contributed by atoms with Crippen molar-refractivity contribution >= 4 is 49.6 Å². The van der Waals surface area contributed by atoms with Crippen LogP contribution in [-0.2, 0) is 4.79 Å². The Balaban J connectivity index is 3.23. The number of nitrogens with zero attached hydrogens (tertiary/aromatic N) is 1. The number of halogens is 2. The predicted molar refractivity (Wildman–Crippen MR) is 58.2 cm³/mol. The minimum Gasteiger partial charge on any atom is -0.328 e. The Kier molecular flexibility index (Phi) is 3.59. The van der Waals surface area contributed by atoms with Crippen molar-refractivity contribution in [3.8, 4) is 0 Å². The van der Waals surface area contributed by atoms with Gasteiger partial charge in [0.15, 0.2) is 0 Å². The monoisotopic (exact) mass is 322 g/mol. The molecule has 1 rings (SSSR count). The summed E-state index contributed by atoms with van der Waals surface area (Å²) in [5.41, 5.74) is 0.408. The molecule has 1 amide bonds. The lowest BCUT2D eigenvalue weighted by atomic mass is 10.3. The SMILES string of the molecule is O=CNc1cc(Br)c([N+](=O)[O-])cc1Br. The molecule has 0 atom stereocenters. The number of nitro groups is 1. The van der Waals surface area contributed by atoms with Crippen LogP contribution in [0, 0.1) is 10.1 Å². The average molecular weight is 324 g/mol. The van der Waals surface area contributed by atoms with Gasteiger partial charge >= 0.3 is 0 Å². The minimum absolute atomic E-state index is 0.0617. The van der Waals surface area contributed by atoms with Crippen molar-refractivity contribution in [1.82, 2.24) is 0 Å². The van der Waals surface area contributed by atoms with Gasteiger partial charge in [-0.05, 0) is 37.9 Å². The summed E-state index contributed by atoms with van der Waals surface area (Å²) in [6, 6.07) is 2.77. The van der Waals surface area contributed by atoms with E-state index in [1.165, 1.54) is 12.1 Å². The zero-order valence-corrected chi connectivity index (χ0v) is 9.83. The Hall–Kier alpha value is -0.950. The van der Waals surface area contributed by atoms with Crippen molar-refractivity contribution in [1.29, 1.82) is 0 Å². The lowest BCUT2D eigenvalue weighted by Crippen LogP contribution is -1.97. The normalized spacial score (nSPS) is 9.57. The number of nitro benzene ring substituents is 1. The van der Waals surface area contributed by atoms with Gasteiger partial charge in [0.1, 0.15) is 0 Å². The molecule has 0 heterocycles. The van der Waals surface area contributed by atoms with E-state index in [0.717, 1.165) is 0 Å². The summed E-state index contributed by atoms with van der Waals surface area (Å²) in [5.74, 6) is 0. The number of amides is 1. The van der Waals surface area contributed by atoms with Gasteiger partial charge in [0.2, 0.25) is 6.41 Å². The highest BCUT2D eigenvalue weighted by Crippen LogP contribution is 2.33. The fraction of sp³-hybridized carbons (Fsp3) is 0. The van der Waals surface area contributed by atoms with E-state index in [2.05, 4.69) is 37.2 Å². The van der Waals surface area contributed by atoms with E-state index in [4.69, 9.17) is 0 Å². The van der Waals surface area contributed by atoms with Gasteiger partial charge in [-0.2, -0.15) is 0 Å². The molecule has 1 N–H and O–H groups in total. The summed E-state index contributed by atoms with van der Waals surface area (Å²) in [6.45, 7) is 0. The van der Waals surface area contributed by atoms with Crippen LogP contribution in [-0.4, -0.2) is 11.3 Å². The Morgan fingerprint density at radius 3 is 2.50 bits per heavy atom. The third-order valence-corrected chi connectivity index (χ3v) is 2.74. The number of hydrogen-bond donors (Lipinski definition) is 1. The van der Waals surface area contributed by atoms with Gasteiger partial charge < -0.3 is 5.32 Å². The van der Waals surface area contributed by atoms with Gasteiger partial charge in [-0.15, -0.1) is 0 Å². The first-order valence-electron chi connectivity index (χ1n) is 3.40. The number of carbonyl (C=O) groups excluding carboxylic acids is 1. The van der Waals surface area contributed by atoms with Gasteiger partial charge in [-0.25, -0.2) is 0 Å². The van der Waals surface area contributed by atoms with Crippen LogP contribution >= 0.6 is 31.9 Å². The quantitative estimate of drug-likeness (QED) is 0.528. The van der Waals surface area contributed by atoms with Crippen molar-refractivity contribution in [2.24, 2.45) is 0 Å². The maximum atomic E-state index is 10.5. The molecule has 0 bridgehead atoms. The van der Waals surface area contributed by atoms with Crippen LogP contribution in [0.2, 0.25) is 0 Å². The van der Waals surface area contributed by atoms with E-state index in [-0.39, 0.29) is 5.69 Å². The van der Waals surface area contributed by atoms with Crippen LogP contribution in [0.15, 0.2) is 21.1 Å². The number of benzene rings is 1. The van der Waals surface area contributed by atoms with Gasteiger partial charge in [0, 0.05) is 10.5 Å². The standard InChI is InChI=1S/C7H4Br2N2O3/c8-4-2-7(11(13)14)5(9)1-6(4)10-3-12/h1-3H,(H,10,12). The molecule has 0 spiro atoms. The van der Waals surface area contributed by atoms with Crippen molar-refractivity contribution in [2.75, 3.05) is 5.32 Å². The van der Waals surface area contributed by atoms with Crippen molar-refractivity contribution in [3.63, 3.8) is 0 Å². The third-order valence-electron chi connectivity index (χ3n) is 1.45. The third kappa shape index (κ3) is 2.30. The van der Waals surface area contributed by atoms with E-state index in [1.807, 2.05) is 0 Å². The molecule has 0 radical (unpaired) electrons. The summed E-state index contributed by atoms with van der Waals surface area (Å²) in [5, 5.41) is 12.9. The second kappa shape index (κ2) is 4.52. The van der Waals surface area contributed by atoms with Crippen LogP contribution in [0.4, 0.5) is 11.4 Å². The molecule has 1 aromatic carbocycles. The zero-order chi connectivity index (χ0) is 10.7. The fourth-order valence-corrected chi connectivity index (χ4v) is 1.78. The molecule has 0 aliphatic rings. The second-order valence-electron chi connectivity index (χ2n) is 2.30. The Morgan fingerprint density at radius 2 is 2.00 bits per heavy atom. The van der Waals surface area contributed by atoms with E-state index in [0.29, 0.717) is 21.0 Å². The zero-order valence-electron chi connectivity index (χ0n) is 6.66. The van der Waals surface area contributed by atoms with Crippen LogP contribution in [0.1, 0.15) is 0 Å². The number of hydrogen-bond acceptors (Lipinski definition) is 3. The molecule has 0 saturated heterocycles. The van der Waals surface area contributed by atoms with Crippen LogP contribution in [0.5, 0.6) is 0 Å². The summed E-state index contributed by atoms with van der Waals surface area (Å²) in [7, 11) is 0. The minimum atomic E-state index is -0.514. The van der Waals surface area contributed by atoms with E-state index < -0.39 is 4.92 Å². The molecule has 1 aromatic rings. The maximum absolute atomic E-state index is 10.5. The fourth-order valence-electron chi connectivity index (χ4n) is 0.850. The van der Waals surface area contributed by atoms with Gasteiger partial charge in [-0.1, -0.05) is 0 Å². The highest BCUT2D eigenvalue weighted by Gasteiger charge is 2.14. The van der Waals surface area contributed by atoms with Crippen molar-refractivity contribution in [2.45, 2.75) is 0 Å². The molecule has 5 nitrogen and oxygen atoms in total. The van der Waals surface area contributed by atoms with Crippen molar-refractivity contribution < 1.29 is 9.72 Å². The molecule has 14 heavy (non-hydrogen) atoms. The van der Waals surface area contributed by atoms with Crippen LogP contribution in [0.3, 0.4) is 0 Å². The predicted octanol–water partition coefficient (Wildman–Crippen LogP) is 2.69. The number of rotatable bonds is 3. The second-order valence-corrected chi connectivity index (χ2v) is 4.01. The smallest absolute Gasteiger partial charge is 0.284 e. The lowest BCUT2D eigenvalue weighted by molar-refractivity contribution is -0.385. The molecule has 0 unspecified atom stereocenters. The first-order valence-corrected chi connectivity index (χ1v) is 4.98. The molecule has 74 valence electrons. The molecule has 7 heteroatoms. The van der Waals surface area contributed by atoms with Gasteiger partial charge in [0.05, 0.1) is 15.1 Å². The van der Waals surface area contributed by atoms with Crippen LogP contribution < -0.4 is 5.32 Å². The Morgan fingerprint density at radius 1 is 1.36 bits per heavy atom. The van der Waals surface area contributed by atoms with E-state index in [9.17, 15) is 14.9 Å². The molecule has 0 aromatic heterocycles. The summed E-state index contributed by atoms with van der Waals surface area (Å²) in [4.78, 5) is 20.2.